The molecule has 18 heavy (non-hydrogen) atoms. The second kappa shape index (κ2) is 4.36. The molecule has 0 bridgehead atoms. The standard InChI is InChI=1S/C11H11FN4O2/c1-5-2-10(16-15-5)18-9-3-6(11(14)17)8(13)4-7(9)12/h2-4H,13H2,1H3,(H2,14,17)(H,15,16). The van der Waals surface area contributed by atoms with Crippen molar-refractivity contribution in [3.63, 3.8) is 0 Å². The van der Waals surface area contributed by atoms with Crippen LogP contribution in [0.2, 0.25) is 0 Å². The van der Waals surface area contributed by atoms with Crippen LogP contribution in [0.4, 0.5) is 10.1 Å². The lowest BCUT2D eigenvalue weighted by Crippen LogP contribution is -2.14. The highest BCUT2D eigenvalue weighted by Crippen LogP contribution is 2.27. The lowest BCUT2D eigenvalue weighted by molar-refractivity contribution is 0.100. The van der Waals surface area contributed by atoms with Gasteiger partial charge in [0.2, 0.25) is 5.88 Å². The Morgan fingerprint density at radius 2 is 2.17 bits per heavy atom. The molecule has 0 saturated heterocycles. The minimum absolute atomic E-state index is 0.00124. The summed E-state index contributed by atoms with van der Waals surface area (Å²) in [4.78, 5) is 11.1. The van der Waals surface area contributed by atoms with Gasteiger partial charge in [-0.15, -0.1) is 5.10 Å². The Bertz CT molecular complexity index is 609. The summed E-state index contributed by atoms with van der Waals surface area (Å²) in [6, 6.07) is 3.71. The molecular formula is C11H11FN4O2. The molecule has 1 heterocycles. The van der Waals surface area contributed by atoms with Crippen molar-refractivity contribution in [1.82, 2.24) is 10.2 Å². The predicted octanol–water partition coefficient (Wildman–Crippen LogP) is 1.33. The minimum atomic E-state index is -0.754. The first-order valence-electron chi connectivity index (χ1n) is 5.06. The molecular weight excluding hydrogens is 239 g/mol. The average Bonchev–Trinajstić information content (AvgIpc) is 2.67. The van der Waals surface area contributed by atoms with E-state index in [1.807, 2.05) is 0 Å². The fourth-order valence-corrected chi connectivity index (χ4v) is 1.42. The largest absolute Gasteiger partial charge is 0.434 e. The van der Waals surface area contributed by atoms with Gasteiger partial charge in [0.25, 0.3) is 5.91 Å². The lowest BCUT2D eigenvalue weighted by Gasteiger charge is -2.07. The van der Waals surface area contributed by atoms with Crippen molar-refractivity contribution in [2.24, 2.45) is 5.73 Å². The molecule has 2 aromatic rings. The number of hydrogen-bond acceptors (Lipinski definition) is 4. The summed E-state index contributed by atoms with van der Waals surface area (Å²) in [5.74, 6) is -1.43. The lowest BCUT2D eigenvalue weighted by atomic mass is 10.1. The number of aromatic amines is 1. The fourth-order valence-electron chi connectivity index (χ4n) is 1.42. The van der Waals surface area contributed by atoms with Crippen LogP contribution < -0.4 is 16.2 Å². The Labute approximate surface area is 102 Å². The third-order valence-corrected chi connectivity index (χ3v) is 2.27. The van der Waals surface area contributed by atoms with Gasteiger partial charge in [-0.2, -0.15) is 0 Å². The number of aryl methyl sites for hydroxylation is 1. The molecule has 6 nitrogen and oxygen atoms in total. The summed E-state index contributed by atoms with van der Waals surface area (Å²) < 4.78 is 18.8. The summed E-state index contributed by atoms with van der Waals surface area (Å²) in [5, 5.41) is 6.43. The van der Waals surface area contributed by atoms with Crippen molar-refractivity contribution >= 4 is 11.6 Å². The van der Waals surface area contributed by atoms with Gasteiger partial charge in [-0.1, -0.05) is 0 Å². The number of anilines is 1. The number of aromatic nitrogens is 2. The Morgan fingerprint density at radius 3 is 2.72 bits per heavy atom. The predicted molar refractivity (Wildman–Crippen MR) is 62.7 cm³/mol. The Hall–Kier alpha value is -2.57. The second-order valence-electron chi connectivity index (χ2n) is 3.73. The minimum Gasteiger partial charge on any atom is -0.434 e. The van der Waals surface area contributed by atoms with Gasteiger partial charge < -0.3 is 16.2 Å². The molecule has 0 aliphatic rings. The van der Waals surface area contributed by atoms with Crippen LogP contribution in [0.5, 0.6) is 11.6 Å². The number of rotatable bonds is 3. The van der Waals surface area contributed by atoms with Crippen LogP contribution >= 0.6 is 0 Å². The molecule has 1 aromatic heterocycles. The molecule has 0 unspecified atom stereocenters. The third kappa shape index (κ3) is 2.24. The topological polar surface area (TPSA) is 107 Å². The SMILES string of the molecule is Cc1cc(Oc2cc(C(N)=O)c(N)cc2F)n[nH]1. The Balaban J connectivity index is 2.38. The molecule has 0 spiro atoms. The molecule has 5 N–H and O–H groups in total. The summed E-state index contributed by atoms with van der Waals surface area (Å²) in [6.45, 7) is 1.77. The number of ether oxygens (including phenoxy) is 1. The average molecular weight is 250 g/mol. The maximum Gasteiger partial charge on any atom is 0.250 e. The number of nitrogens with one attached hydrogen (secondary N) is 1. The van der Waals surface area contributed by atoms with Gasteiger partial charge in [-0.3, -0.25) is 9.89 Å². The zero-order valence-corrected chi connectivity index (χ0v) is 9.53. The summed E-state index contributed by atoms with van der Waals surface area (Å²) in [5.41, 5.74) is 11.3. The maximum absolute atomic E-state index is 13.6. The maximum atomic E-state index is 13.6. The van der Waals surface area contributed by atoms with Crippen LogP contribution in [0.3, 0.4) is 0 Å². The van der Waals surface area contributed by atoms with E-state index in [-0.39, 0.29) is 22.9 Å². The van der Waals surface area contributed by atoms with E-state index in [0.29, 0.717) is 0 Å². The van der Waals surface area contributed by atoms with Crippen LogP contribution in [-0.4, -0.2) is 16.1 Å². The number of halogens is 1. The summed E-state index contributed by atoms with van der Waals surface area (Å²) >= 11 is 0. The number of benzene rings is 1. The van der Waals surface area contributed by atoms with E-state index in [1.54, 1.807) is 13.0 Å². The van der Waals surface area contributed by atoms with Gasteiger partial charge in [0.15, 0.2) is 11.6 Å². The van der Waals surface area contributed by atoms with Crippen LogP contribution in [-0.2, 0) is 0 Å². The van der Waals surface area contributed by atoms with E-state index in [4.69, 9.17) is 16.2 Å². The first kappa shape index (κ1) is 11.9. The molecule has 0 radical (unpaired) electrons. The van der Waals surface area contributed by atoms with Gasteiger partial charge in [0, 0.05) is 23.5 Å². The van der Waals surface area contributed by atoms with E-state index in [0.717, 1.165) is 17.8 Å². The molecule has 94 valence electrons. The van der Waals surface area contributed by atoms with E-state index >= 15 is 0 Å². The quantitative estimate of drug-likeness (QED) is 0.714. The van der Waals surface area contributed by atoms with Gasteiger partial charge in [0.1, 0.15) is 0 Å². The first-order chi connectivity index (χ1) is 8.47. The highest BCUT2D eigenvalue weighted by molar-refractivity contribution is 5.98. The van der Waals surface area contributed by atoms with Crippen molar-refractivity contribution in [1.29, 1.82) is 0 Å². The summed E-state index contributed by atoms with van der Waals surface area (Å²) in [6.07, 6.45) is 0. The second-order valence-corrected chi connectivity index (χ2v) is 3.73. The first-order valence-corrected chi connectivity index (χ1v) is 5.06. The molecule has 0 aliphatic carbocycles. The molecule has 0 fully saturated rings. The number of hydrogen-bond donors (Lipinski definition) is 3. The number of H-pyrrole nitrogens is 1. The number of nitrogens with zero attached hydrogens (tertiary/aromatic N) is 1. The smallest absolute Gasteiger partial charge is 0.250 e. The molecule has 1 amide bonds. The van der Waals surface area contributed by atoms with Crippen molar-refractivity contribution in [3.8, 4) is 11.6 Å². The van der Waals surface area contributed by atoms with Crippen LogP contribution in [0.15, 0.2) is 18.2 Å². The highest BCUT2D eigenvalue weighted by atomic mass is 19.1. The summed E-state index contributed by atoms with van der Waals surface area (Å²) in [7, 11) is 0. The number of nitrogens with two attached hydrogens (primary N) is 2. The van der Waals surface area contributed by atoms with Crippen molar-refractivity contribution in [2.75, 3.05) is 5.73 Å². The van der Waals surface area contributed by atoms with Crippen molar-refractivity contribution < 1.29 is 13.9 Å². The number of primary amides is 1. The zero-order valence-electron chi connectivity index (χ0n) is 9.53. The molecule has 2 rings (SSSR count). The van der Waals surface area contributed by atoms with Crippen molar-refractivity contribution in [3.05, 3.63) is 35.3 Å². The number of amides is 1. The Kier molecular flexibility index (Phi) is 2.88. The highest BCUT2D eigenvalue weighted by Gasteiger charge is 2.14. The number of nitrogen functional groups attached to an aromatic ring is 1. The molecule has 7 heteroatoms. The Morgan fingerprint density at radius 1 is 1.44 bits per heavy atom. The number of carbonyl (C=O) groups excluding carboxylic acids is 1. The number of carbonyl (C=O) groups is 1. The van der Waals surface area contributed by atoms with Crippen LogP contribution in [0.25, 0.3) is 0 Å². The van der Waals surface area contributed by atoms with Gasteiger partial charge >= 0.3 is 0 Å². The van der Waals surface area contributed by atoms with Gasteiger partial charge in [-0.25, -0.2) is 4.39 Å². The van der Waals surface area contributed by atoms with E-state index < -0.39 is 11.7 Å². The van der Waals surface area contributed by atoms with E-state index in [2.05, 4.69) is 10.2 Å². The molecule has 0 atom stereocenters. The van der Waals surface area contributed by atoms with E-state index in [9.17, 15) is 9.18 Å². The molecule has 0 aliphatic heterocycles. The third-order valence-electron chi connectivity index (χ3n) is 2.27. The monoisotopic (exact) mass is 250 g/mol. The van der Waals surface area contributed by atoms with E-state index in [1.165, 1.54) is 0 Å². The van der Waals surface area contributed by atoms with Crippen LogP contribution in [0, 0.1) is 12.7 Å². The molecule has 0 saturated carbocycles. The molecule has 1 aromatic carbocycles. The van der Waals surface area contributed by atoms with Crippen LogP contribution in [0.1, 0.15) is 16.1 Å². The van der Waals surface area contributed by atoms with Crippen molar-refractivity contribution in [2.45, 2.75) is 6.92 Å². The normalized spacial score (nSPS) is 10.3. The zero-order chi connectivity index (χ0) is 13.3. The van der Waals surface area contributed by atoms with Gasteiger partial charge in [0.05, 0.1) is 5.56 Å². The van der Waals surface area contributed by atoms with Gasteiger partial charge in [-0.05, 0) is 13.0 Å². The fraction of sp³-hybridized carbons (Fsp3) is 0.0909.